The molecule has 0 aliphatic carbocycles. The summed E-state index contributed by atoms with van der Waals surface area (Å²) in [5.41, 5.74) is 5.88. The van der Waals surface area contributed by atoms with E-state index in [0.29, 0.717) is 23.3 Å². The second-order valence-corrected chi connectivity index (χ2v) is 10.5. The first-order valence-electron chi connectivity index (χ1n) is 10.1. The van der Waals surface area contributed by atoms with Gasteiger partial charge in [-0.05, 0) is 38.5 Å². The van der Waals surface area contributed by atoms with Crippen LogP contribution >= 0.6 is 7.44 Å². The van der Waals surface area contributed by atoms with Crippen molar-refractivity contribution in [2.45, 2.75) is 45.5 Å². The first-order chi connectivity index (χ1) is 15.5. The van der Waals surface area contributed by atoms with Crippen LogP contribution in [0.3, 0.4) is 0 Å². The van der Waals surface area contributed by atoms with E-state index in [1.165, 1.54) is 38.4 Å². The molecule has 178 valence electrons. The SMILES string of the molecule is C[C@H](Cn1cnc2c(N)ncnc21)OC[P@](=O)(NCc1cccc(F)c1)NC(C)(C)C(=O)O. The van der Waals surface area contributed by atoms with Crippen molar-refractivity contribution in [3.63, 3.8) is 0 Å². The third-order valence-corrected chi connectivity index (χ3v) is 6.95. The Morgan fingerprint density at radius 3 is 2.82 bits per heavy atom. The van der Waals surface area contributed by atoms with Crippen molar-refractivity contribution in [3.8, 4) is 0 Å². The van der Waals surface area contributed by atoms with Crippen molar-refractivity contribution in [1.29, 1.82) is 0 Å². The quantitative estimate of drug-likeness (QED) is 0.301. The number of halogens is 1. The zero-order valence-electron chi connectivity index (χ0n) is 18.5. The van der Waals surface area contributed by atoms with E-state index >= 15 is 0 Å². The lowest BCUT2D eigenvalue weighted by atomic mass is 10.1. The third-order valence-electron chi connectivity index (χ3n) is 4.85. The van der Waals surface area contributed by atoms with Crippen LogP contribution < -0.4 is 15.9 Å². The highest BCUT2D eigenvalue weighted by molar-refractivity contribution is 7.59. The molecule has 0 aliphatic heterocycles. The molecule has 33 heavy (non-hydrogen) atoms. The summed E-state index contributed by atoms with van der Waals surface area (Å²) in [5, 5.41) is 15.0. The molecular formula is C20H27FN7O4P. The lowest BCUT2D eigenvalue weighted by Gasteiger charge is -2.30. The number of hydrogen-bond acceptors (Lipinski definition) is 7. The van der Waals surface area contributed by atoms with Crippen LogP contribution in [0.1, 0.15) is 26.3 Å². The molecule has 0 amide bonds. The smallest absolute Gasteiger partial charge is 0.323 e. The van der Waals surface area contributed by atoms with Gasteiger partial charge in [-0.3, -0.25) is 9.36 Å². The van der Waals surface area contributed by atoms with Gasteiger partial charge < -0.3 is 20.1 Å². The van der Waals surface area contributed by atoms with E-state index in [4.69, 9.17) is 10.5 Å². The number of ether oxygens (including phenoxy) is 1. The van der Waals surface area contributed by atoms with E-state index < -0.39 is 30.9 Å². The van der Waals surface area contributed by atoms with Crippen molar-refractivity contribution in [2.75, 3.05) is 12.1 Å². The largest absolute Gasteiger partial charge is 0.480 e. The van der Waals surface area contributed by atoms with Gasteiger partial charge in [0.2, 0.25) is 7.44 Å². The fraction of sp³-hybridized carbons (Fsp3) is 0.400. The average Bonchev–Trinajstić information content (AvgIpc) is 3.15. The van der Waals surface area contributed by atoms with E-state index in [2.05, 4.69) is 25.1 Å². The summed E-state index contributed by atoms with van der Waals surface area (Å²) in [6, 6.07) is 5.82. The number of aromatic nitrogens is 4. The minimum Gasteiger partial charge on any atom is -0.480 e. The molecule has 0 radical (unpaired) electrons. The molecule has 1 aromatic carbocycles. The summed E-state index contributed by atoms with van der Waals surface area (Å²) in [6.45, 7) is 4.96. The number of carboxylic acids is 1. The molecule has 0 saturated carbocycles. The van der Waals surface area contributed by atoms with E-state index in [9.17, 15) is 18.9 Å². The summed E-state index contributed by atoms with van der Waals surface area (Å²) in [7, 11) is -3.57. The lowest BCUT2D eigenvalue weighted by Crippen LogP contribution is -2.47. The molecule has 13 heteroatoms. The summed E-state index contributed by atoms with van der Waals surface area (Å²) < 4.78 is 34.6. The zero-order valence-corrected chi connectivity index (χ0v) is 19.4. The topological polar surface area (TPSA) is 157 Å². The number of nitrogens with two attached hydrogens (primary N) is 1. The second-order valence-electron chi connectivity index (χ2n) is 8.18. The minimum atomic E-state index is -3.57. The zero-order chi connectivity index (χ0) is 24.2. The Labute approximate surface area is 190 Å². The minimum absolute atomic E-state index is 0.0534. The van der Waals surface area contributed by atoms with E-state index in [1.54, 1.807) is 23.9 Å². The lowest BCUT2D eigenvalue weighted by molar-refractivity contribution is -0.142. The first-order valence-corrected chi connectivity index (χ1v) is 12.0. The normalized spacial score (nSPS) is 14.8. The number of anilines is 1. The average molecular weight is 479 g/mol. The molecular weight excluding hydrogens is 452 g/mol. The number of imidazole rings is 1. The summed E-state index contributed by atoms with van der Waals surface area (Å²) >= 11 is 0. The van der Waals surface area contributed by atoms with Crippen molar-refractivity contribution >= 4 is 30.4 Å². The summed E-state index contributed by atoms with van der Waals surface area (Å²) in [5.74, 6) is -1.34. The van der Waals surface area contributed by atoms with Crippen molar-refractivity contribution < 1.29 is 23.6 Å². The molecule has 0 aliphatic rings. The standard InChI is InChI=1S/C20H27FN7O4P/c1-13(9-28-11-25-16-17(22)23-10-24-18(16)28)32-12-33(31,27-20(2,3)19(29)30)26-8-14-5-4-6-15(21)7-14/h4-7,10-11,13H,8-9,12H2,1-3H3,(H,29,30)(H2,22,23,24)(H2,26,27,31)/t13-,33+/m1/s1. The Morgan fingerprint density at radius 1 is 1.36 bits per heavy atom. The molecule has 0 spiro atoms. The number of hydrogen-bond donors (Lipinski definition) is 4. The Hall–Kier alpha value is -2.92. The van der Waals surface area contributed by atoms with Gasteiger partial charge in [0.1, 0.15) is 29.5 Å². The van der Waals surface area contributed by atoms with Crippen LogP contribution in [0.2, 0.25) is 0 Å². The fourth-order valence-corrected chi connectivity index (χ4v) is 5.21. The number of benzene rings is 1. The molecule has 0 bridgehead atoms. The molecule has 0 saturated heterocycles. The van der Waals surface area contributed by atoms with Gasteiger partial charge in [-0.2, -0.15) is 0 Å². The Kier molecular flexibility index (Phi) is 7.43. The fourth-order valence-electron chi connectivity index (χ4n) is 3.08. The van der Waals surface area contributed by atoms with Crippen LogP contribution in [0.5, 0.6) is 0 Å². The van der Waals surface area contributed by atoms with Crippen LogP contribution in [0, 0.1) is 5.82 Å². The van der Waals surface area contributed by atoms with Crippen LogP contribution in [-0.4, -0.2) is 48.6 Å². The molecule has 0 fully saturated rings. The maximum Gasteiger partial charge on any atom is 0.323 e. The number of nitrogen functional groups attached to an aromatic ring is 1. The number of carbonyl (C=O) groups is 1. The Bertz CT molecular complexity index is 1190. The van der Waals surface area contributed by atoms with Crippen LogP contribution in [-0.2, 0) is 27.2 Å². The number of fused-ring (bicyclic) bond motifs is 1. The highest BCUT2D eigenvalue weighted by Gasteiger charge is 2.36. The van der Waals surface area contributed by atoms with Crippen LogP contribution in [0.4, 0.5) is 10.2 Å². The number of carboxylic acid groups (broad SMARTS) is 1. The molecule has 2 atom stereocenters. The Morgan fingerprint density at radius 2 is 2.12 bits per heavy atom. The molecule has 2 aromatic heterocycles. The van der Waals surface area contributed by atoms with Gasteiger partial charge in [-0.15, -0.1) is 0 Å². The molecule has 3 aromatic rings. The first kappa shape index (κ1) is 24.7. The van der Waals surface area contributed by atoms with Crippen molar-refractivity contribution in [3.05, 3.63) is 48.3 Å². The third kappa shape index (κ3) is 6.32. The highest BCUT2D eigenvalue weighted by Crippen LogP contribution is 2.39. The number of aliphatic carboxylic acids is 1. The predicted octanol–water partition coefficient (Wildman–Crippen LogP) is 2.35. The van der Waals surface area contributed by atoms with Gasteiger partial charge in [-0.1, -0.05) is 12.1 Å². The molecule has 5 N–H and O–H groups in total. The summed E-state index contributed by atoms with van der Waals surface area (Å²) in [4.78, 5) is 23.9. The number of rotatable bonds is 11. The molecule has 11 nitrogen and oxygen atoms in total. The van der Waals surface area contributed by atoms with Gasteiger partial charge in [-0.25, -0.2) is 29.5 Å². The molecule has 0 unspecified atom stereocenters. The second kappa shape index (κ2) is 9.92. The van der Waals surface area contributed by atoms with Crippen molar-refractivity contribution in [2.24, 2.45) is 0 Å². The van der Waals surface area contributed by atoms with Gasteiger partial charge >= 0.3 is 5.97 Å². The van der Waals surface area contributed by atoms with Gasteiger partial charge in [0, 0.05) is 6.54 Å². The van der Waals surface area contributed by atoms with Gasteiger partial charge in [0.05, 0.1) is 19.0 Å². The van der Waals surface area contributed by atoms with Gasteiger partial charge in [0.25, 0.3) is 0 Å². The van der Waals surface area contributed by atoms with E-state index in [0.717, 1.165) is 0 Å². The van der Waals surface area contributed by atoms with Crippen molar-refractivity contribution in [1.82, 2.24) is 29.7 Å². The van der Waals surface area contributed by atoms with Crippen LogP contribution in [0.25, 0.3) is 11.2 Å². The monoisotopic (exact) mass is 479 g/mol. The Balaban J connectivity index is 1.70. The molecule has 2 heterocycles. The van der Waals surface area contributed by atoms with Gasteiger partial charge in [0.15, 0.2) is 11.5 Å². The maximum atomic E-state index is 13.6. The summed E-state index contributed by atoms with van der Waals surface area (Å²) in [6.07, 6.45) is 2.16. The van der Waals surface area contributed by atoms with E-state index in [-0.39, 0.29) is 18.7 Å². The predicted molar refractivity (Wildman–Crippen MR) is 121 cm³/mol. The van der Waals surface area contributed by atoms with Crippen LogP contribution in [0.15, 0.2) is 36.9 Å². The molecule has 3 rings (SSSR count). The number of nitrogens with one attached hydrogen (secondary N) is 2. The highest BCUT2D eigenvalue weighted by atomic mass is 31.2. The van der Waals surface area contributed by atoms with E-state index in [1.807, 2.05) is 0 Å². The maximum absolute atomic E-state index is 13.6. The number of nitrogens with zero attached hydrogens (tertiary/aromatic N) is 4.